The molecule has 1 aliphatic rings. The number of aromatic hydroxyl groups is 1. The number of rotatable bonds is 4. The number of carbonyl (C=O) groups is 1. The van der Waals surface area contributed by atoms with Crippen molar-refractivity contribution >= 4 is 29.1 Å². The standard InChI is InChI=1S/C14H17N3O2S/c1-3-9(2)10-4-5-12(18)11(6-10)7-15-17-14-16-13(19)8-20-14/h4-7,9,18H,3,8H2,1-2H3,(H,16,17,19). The van der Waals surface area contributed by atoms with Gasteiger partial charge in [-0.1, -0.05) is 31.7 Å². The SMILES string of the molecule is CCC(C)c1ccc(O)c(C=NN=C2NC(=O)CS2)c1. The highest BCUT2D eigenvalue weighted by Crippen LogP contribution is 2.24. The number of carbonyl (C=O) groups excluding carboxylic acids is 1. The van der Waals surface area contributed by atoms with Gasteiger partial charge in [0.2, 0.25) is 5.91 Å². The van der Waals surface area contributed by atoms with Gasteiger partial charge in [-0.05, 0) is 30.0 Å². The van der Waals surface area contributed by atoms with Crippen LogP contribution in [0, 0.1) is 0 Å². The maximum atomic E-state index is 11.0. The van der Waals surface area contributed by atoms with Gasteiger partial charge in [0.05, 0.1) is 12.0 Å². The fraction of sp³-hybridized carbons (Fsp3) is 0.357. The van der Waals surface area contributed by atoms with Crippen LogP contribution in [0.15, 0.2) is 28.4 Å². The fourth-order valence-corrected chi connectivity index (χ4v) is 2.37. The van der Waals surface area contributed by atoms with Crippen molar-refractivity contribution in [1.29, 1.82) is 0 Å². The monoisotopic (exact) mass is 291 g/mol. The third-order valence-corrected chi connectivity index (χ3v) is 4.03. The zero-order valence-corrected chi connectivity index (χ0v) is 12.3. The van der Waals surface area contributed by atoms with Crippen molar-refractivity contribution in [2.75, 3.05) is 5.75 Å². The summed E-state index contributed by atoms with van der Waals surface area (Å²) >= 11 is 1.31. The van der Waals surface area contributed by atoms with E-state index in [1.165, 1.54) is 18.0 Å². The van der Waals surface area contributed by atoms with Crippen LogP contribution >= 0.6 is 11.8 Å². The van der Waals surface area contributed by atoms with Gasteiger partial charge in [0.15, 0.2) is 5.17 Å². The lowest BCUT2D eigenvalue weighted by Crippen LogP contribution is -2.19. The average Bonchev–Trinajstić information content (AvgIpc) is 2.85. The zero-order chi connectivity index (χ0) is 14.5. The van der Waals surface area contributed by atoms with Crippen LogP contribution in [0.5, 0.6) is 5.75 Å². The van der Waals surface area contributed by atoms with Crippen molar-refractivity contribution in [3.8, 4) is 5.75 Å². The molecule has 0 bridgehead atoms. The van der Waals surface area contributed by atoms with Crippen LogP contribution in [0.4, 0.5) is 0 Å². The molecule has 1 fully saturated rings. The molecule has 1 saturated heterocycles. The molecular weight excluding hydrogens is 274 g/mol. The lowest BCUT2D eigenvalue weighted by Gasteiger charge is -2.10. The highest BCUT2D eigenvalue weighted by Gasteiger charge is 2.16. The third-order valence-electron chi connectivity index (χ3n) is 3.16. The average molecular weight is 291 g/mol. The lowest BCUT2D eigenvalue weighted by molar-refractivity contribution is -0.116. The highest BCUT2D eigenvalue weighted by atomic mass is 32.2. The van der Waals surface area contributed by atoms with Gasteiger partial charge >= 0.3 is 0 Å². The van der Waals surface area contributed by atoms with Gasteiger partial charge in [-0.25, -0.2) is 0 Å². The van der Waals surface area contributed by atoms with Gasteiger partial charge in [-0.15, -0.1) is 5.10 Å². The molecule has 2 rings (SSSR count). The normalized spacial score (nSPS) is 18.7. The Bertz CT molecular complexity index is 570. The number of phenols is 1. The number of hydrogen-bond donors (Lipinski definition) is 2. The predicted octanol–water partition coefficient (Wildman–Crippen LogP) is 2.46. The molecule has 1 heterocycles. The molecule has 0 aliphatic carbocycles. The predicted molar refractivity (Wildman–Crippen MR) is 82.4 cm³/mol. The molecule has 6 heteroatoms. The van der Waals surface area contributed by atoms with Crippen molar-refractivity contribution < 1.29 is 9.90 Å². The minimum Gasteiger partial charge on any atom is -0.507 e. The first-order chi connectivity index (χ1) is 9.60. The topological polar surface area (TPSA) is 74.1 Å². The van der Waals surface area contributed by atoms with Crippen molar-refractivity contribution in [2.45, 2.75) is 26.2 Å². The first-order valence-corrected chi connectivity index (χ1v) is 7.45. The van der Waals surface area contributed by atoms with Gasteiger partial charge in [-0.2, -0.15) is 5.10 Å². The Kier molecular flexibility index (Phi) is 4.79. The summed E-state index contributed by atoms with van der Waals surface area (Å²) in [5.41, 5.74) is 1.78. The molecule has 0 spiro atoms. The lowest BCUT2D eigenvalue weighted by atomic mass is 9.97. The Morgan fingerprint density at radius 2 is 2.35 bits per heavy atom. The van der Waals surface area contributed by atoms with Crippen LogP contribution in [-0.2, 0) is 4.79 Å². The molecule has 1 amide bonds. The van der Waals surface area contributed by atoms with E-state index in [1.54, 1.807) is 6.07 Å². The Labute approximate surface area is 122 Å². The maximum Gasteiger partial charge on any atom is 0.236 e. The molecule has 1 aromatic carbocycles. The van der Waals surface area contributed by atoms with E-state index in [4.69, 9.17) is 0 Å². The third kappa shape index (κ3) is 3.60. The van der Waals surface area contributed by atoms with Crippen LogP contribution in [0.25, 0.3) is 0 Å². The maximum absolute atomic E-state index is 11.0. The Morgan fingerprint density at radius 1 is 1.55 bits per heavy atom. The van der Waals surface area contributed by atoms with Gasteiger partial charge in [-0.3, -0.25) is 4.79 Å². The summed E-state index contributed by atoms with van der Waals surface area (Å²) in [4.78, 5) is 11.0. The fourth-order valence-electron chi connectivity index (χ4n) is 1.74. The molecular formula is C14H17N3O2S. The summed E-state index contributed by atoms with van der Waals surface area (Å²) in [5.74, 6) is 0.914. The number of nitrogens with zero attached hydrogens (tertiary/aromatic N) is 2. The van der Waals surface area contributed by atoms with Crippen molar-refractivity contribution in [2.24, 2.45) is 10.2 Å². The first-order valence-electron chi connectivity index (χ1n) is 6.46. The minimum absolute atomic E-state index is 0.0643. The van der Waals surface area contributed by atoms with Crippen LogP contribution in [0.1, 0.15) is 37.3 Å². The minimum atomic E-state index is -0.0643. The van der Waals surface area contributed by atoms with E-state index in [0.717, 1.165) is 12.0 Å². The summed E-state index contributed by atoms with van der Waals surface area (Å²) in [7, 11) is 0. The molecule has 106 valence electrons. The molecule has 1 aromatic rings. The number of hydrogen-bond acceptors (Lipinski definition) is 5. The Morgan fingerprint density at radius 3 is 3.00 bits per heavy atom. The number of amides is 1. The van der Waals surface area contributed by atoms with E-state index in [2.05, 4.69) is 29.4 Å². The molecule has 0 radical (unpaired) electrons. The number of amidine groups is 1. The van der Waals surface area contributed by atoms with Gasteiger partial charge in [0.25, 0.3) is 0 Å². The zero-order valence-electron chi connectivity index (χ0n) is 11.5. The molecule has 20 heavy (non-hydrogen) atoms. The van der Waals surface area contributed by atoms with E-state index in [9.17, 15) is 9.90 Å². The molecule has 1 atom stereocenters. The second kappa shape index (κ2) is 6.56. The molecule has 5 nitrogen and oxygen atoms in total. The number of phenolic OH excluding ortho intramolecular Hbond substituents is 1. The van der Waals surface area contributed by atoms with Crippen LogP contribution in [-0.4, -0.2) is 28.1 Å². The van der Waals surface area contributed by atoms with Crippen molar-refractivity contribution in [3.05, 3.63) is 29.3 Å². The van der Waals surface area contributed by atoms with E-state index in [1.807, 2.05) is 12.1 Å². The van der Waals surface area contributed by atoms with E-state index < -0.39 is 0 Å². The second-order valence-electron chi connectivity index (χ2n) is 4.61. The number of thioether (sulfide) groups is 1. The summed E-state index contributed by atoms with van der Waals surface area (Å²) in [6.45, 7) is 4.26. The molecule has 1 unspecified atom stereocenters. The second-order valence-corrected chi connectivity index (χ2v) is 5.58. The molecule has 0 aromatic heterocycles. The Balaban J connectivity index is 2.14. The summed E-state index contributed by atoms with van der Waals surface area (Å²) < 4.78 is 0. The summed E-state index contributed by atoms with van der Waals surface area (Å²) in [6, 6.07) is 5.50. The van der Waals surface area contributed by atoms with Gasteiger partial charge in [0.1, 0.15) is 5.75 Å². The van der Waals surface area contributed by atoms with Crippen LogP contribution in [0.3, 0.4) is 0 Å². The van der Waals surface area contributed by atoms with Crippen LogP contribution in [0.2, 0.25) is 0 Å². The first kappa shape index (κ1) is 14.6. The van der Waals surface area contributed by atoms with Crippen molar-refractivity contribution in [1.82, 2.24) is 5.32 Å². The molecule has 1 aliphatic heterocycles. The number of benzene rings is 1. The molecule has 0 saturated carbocycles. The smallest absolute Gasteiger partial charge is 0.236 e. The largest absolute Gasteiger partial charge is 0.507 e. The van der Waals surface area contributed by atoms with E-state index >= 15 is 0 Å². The van der Waals surface area contributed by atoms with E-state index in [-0.39, 0.29) is 11.7 Å². The van der Waals surface area contributed by atoms with Crippen molar-refractivity contribution in [3.63, 3.8) is 0 Å². The summed E-state index contributed by atoms with van der Waals surface area (Å²) in [6.07, 6.45) is 2.53. The summed E-state index contributed by atoms with van der Waals surface area (Å²) in [5, 5.41) is 20.7. The quantitative estimate of drug-likeness (QED) is 0.661. The number of nitrogens with one attached hydrogen (secondary N) is 1. The van der Waals surface area contributed by atoms with Gasteiger partial charge < -0.3 is 10.4 Å². The molecule has 2 N–H and O–H groups in total. The van der Waals surface area contributed by atoms with Gasteiger partial charge in [0, 0.05) is 5.56 Å². The Hall–Kier alpha value is -1.82. The van der Waals surface area contributed by atoms with Crippen LogP contribution < -0.4 is 5.32 Å². The van der Waals surface area contributed by atoms with E-state index in [0.29, 0.717) is 22.4 Å². The highest BCUT2D eigenvalue weighted by molar-refractivity contribution is 8.15.